The fourth-order valence-electron chi connectivity index (χ4n) is 2.61. The highest BCUT2D eigenvalue weighted by molar-refractivity contribution is 8.18. The van der Waals surface area contributed by atoms with Gasteiger partial charge in [-0.1, -0.05) is 11.6 Å². The molecule has 0 radical (unpaired) electrons. The van der Waals surface area contributed by atoms with E-state index >= 15 is 0 Å². The SMILES string of the molecule is COC(=O)[C@H](C)N1C(=O)S/C(=C/c2ccc(-c3cc([N+](=O)[O-])ccc3Cl)o2)C1=O. The van der Waals surface area contributed by atoms with Gasteiger partial charge in [0.25, 0.3) is 16.8 Å². The van der Waals surface area contributed by atoms with Gasteiger partial charge in [0.05, 0.1) is 22.0 Å². The maximum Gasteiger partial charge on any atom is 0.328 e. The Morgan fingerprint density at radius 1 is 1.34 bits per heavy atom. The molecule has 1 aromatic heterocycles. The van der Waals surface area contributed by atoms with E-state index in [0.29, 0.717) is 17.3 Å². The average molecular weight is 437 g/mol. The van der Waals surface area contributed by atoms with Crippen LogP contribution in [0.2, 0.25) is 5.02 Å². The van der Waals surface area contributed by atoms with Crippen molar-refractivity contribution in [1.82, 2.24) is 4.90 Å². The van der Waals surface area contributed by atoms with E-state index in [1.165, 1.54) is 43.3 Å². The van der Waals surface area contributed by atoms with E-state index in [1.54, 1.807) is 0 Å². The molecular weight excluding hydrogens is 424 g/mol. The van der Waals surface area contributed by atoms with Gasteiger partial charge in [-0.2, -0.15) is 0 Å². The number of benzene rings is 1. The number of amides is 2. The van der Waals surface area contributed by atoms with Crippen LogP contribution in [0.15, 0.2) is 39.7 Å². The summed E-state index contributed by atoms with van der Waals surface area (Å²) >= 11 is 6.77. The zero-order valence-corrected chi connectivity index (χ0v) is 16.7. The van der Waals surface area contributed by atoms with Crippen molar-refractivity contribution in [2.45, 2.75) is 13.0 Å². The van der Waals surface area contributed by atoms with E-state index in [0.717, 1.165) is 12.0 Å². The van der Waals surface area contributed by atoms with Crippen molar-refractivity contribution < 1.29 is 28.5 Å². The molecule has 0 spiro atoms. The van der Waals surface area contributed by atoms with Crippen LogP contribution in [0, 0.1) is 10.1 Å². The molecule has 9 nitrogen and oxygen atoms in total. The number of furan rings is 1. The standard InChI is InChI=1S/C18H13ClN2O7S/c1-9(17(23)27-2)20-16(22)15(29-18(20)24)8-11-4-6-14(28-11)12-7-10(21(25)26)3-5-13(12)19/h3-9H,1-2H3/b15-8+/t9-/m0/s1. The van der Waals surface area contributed by atoms with Crippen LogP contribution in [0.5, 0.6) is 0 Å². The Morgan fingerprint density at radius 3 is 2.72 bits per heavy atom. The van der Waals surface area contributed by atoms with Crippen LogP contribution < -0.4 is 0 Å². The molecule has 0 unspecified atom stereocenters. The molecule has 3 rings (SSSR count). The van der Waals surface area contributed by atoms with Crippen LogP contribution in [0.3, 0.4) is 0 Å². The fourth-order valence-corrected chi connectivity index (χ4v) is 3.71. The summed E-state index contributed by atoms with van der Waals surface area (Å²) in [5.74, 6) is -0.871. The van der Waals surface area contributed by atoms with Crippen LogP contribution in [0.1, 0.15) is 12.7 Å². The summed E-state index contributed by atoms with van der Waals surface area (Å²) < 4.78 is 10.2. The lowest BCUT2D eigenvalue weighted by Gasteiger charge is -2.18. The van der Waals surface area contributed by atoms with Gasteiger partial charge >= 0.3 is 5.97 Å². The van der Waals surface area contributed by atoms with E-state index in [4.69, 9.17) is 16.0 Å². The molecule has 2 amide bonds. The summed E-state index contributed by atoms with van der Waals surface area (Å²) in [7, 11) is 1.16. The van der Waals surface area contributed by atoms with E-state index < -0.39 is 28.1 Å². The summed E-state index contributed by atoms with van der Waals surface area (Å²) in [6.45, 7) is 1.39. The van der Waals surface area contributed by atoms with Gasteiger partial charge in [-0.3, -0.25) is 24.6 Å². The second kappa shape index (κ2) is 8.10. The Hall–Kier alpha value is -3.11. The number of ether oxygens (including phenoxy) is 1. The van der Waals surface area contributed by atoms with Gasteiger partial charge in [0.15, 0.2) is 0 Å². The lowest BCUT2D eigenvalue weighted by atomic mass is 10.1. The van der Waals surface area contributed by atoms with E-state index in [1.807, 2.05) is 0 Å². The number of nitro groups is 1. The van der Waals surface area contributed by atoms with E-state index in [9.17, 15) is 24.5 Å². The maximum atomic E-state index is 12.5. The van der Waals surface area contributed by atoms with Gasteiger partial charge in [-0.25, -0.2) is 4.79 Å². The van der Waals surface area contributed by atoms with Crippen molar-refractivity contribution in [2.24, 2.45) is 0 Å². The van der Waals surface area contributed by atoms with Crippen molar-refractivity contribution in [2.75, 3.05) is 7.11 Å². The number of nitro benzene ring substituents is 1. The first-order chi connectivity index (χ1) is 13.7. The third-order valence-corrected chi connectivity index (χ3v) is 5.29. The van der Waals surface area contributed by atoms with Crippen LogP contribution in [-0.4, -0.2) is 40.1 Å². The average Bonchev–Trinajstić information content (AvgIpc) is 3.25. The lowest BCUT2D eigenvalue weighted by Crippen LogP contribution is -2.42. The van der Waals surface area contributed by atoms with E-state index in [-0.39, 0.29) is 27.1 Å². The first kappa shape index (κ1) is 20.6. The quantitative estimate of drug-likeness (QED) is 0.297. The molecule has 1 fully saturated rings. The first-order valence-corrected chi connectivity index (χ1v) is 9.31. The number of esters is 1. The summed E-state index contributed by atoms with van der Waals surface area (Å²) in [5.41, 5.74) is 0.160. The molecule has 1 saturated heterocycles. The second-order valence-electron chi connectivity index (χ2n) is 5.87. The molecule has 0 saturated carbocycles. The summed E-state index contributed by atoms with van der Waals surface area (Å²) in [6, 6.07) is 5.94. The number of hydrogen-bond donors (Lipinski definition) is 0. The second-order valence-corrected chi connectivity index (χ2v) is 7.27. The fraction of sp³-hybridized carbons (Fsp3) is 0.167. The van der Waals surface area contributed by atoms with Gasteiger partial charge in [0, 0.05) is 23.8 Å². The Morgan fingerprint density at radius 2 is 2.07 bits per heavy atom. The Balaban J connectivity index is 1.89. The van der Waals surface area contributed by atoms with Crippen molar-refractivity contribution in [3.05, 3.63) is 56.1 Å². The van der Waals surface area contributed by atoms with Crippen molar-refractivity contribution in [3.8, 4) is 11.3 Å². The Kier molecular flexibility index (Phi) is 5.76. The number of imide groups is 1. The van der Waals surface area contributed by atoms with Gasteiger partial charge < -0.3 is 9.15 Å². The first-order valence-electron chi connectivity index (χ1n) is 8.12. The Labute approximate surface area is 173 Å². The predicted molar refractivity (Wildman–Crippen MR) is 105 cm³/mol. The lowest BCUT2D eigenvalue weighted by molar-refractivity contribution is -0.384. The molecule has 0 N–H and O–H groups in total. The van der Waals surface area contributed by atoms with Gasteiger partial charge in [-0.15, -0.1) is 0 Å². The summed E-state index contributed by atoms with van der Waals surface area (Å²) in [6.07, 6.45) is 1.35. The molecule has 0 aliphatic carbocycles. The smallest absolute Gasteiger partial charge is 0.328 e. The number of thioether (sulfide) groups is 1. The molecule has 1 aliphatic rings. The van der Waals surface area contributed by atoms with Gasteiger partial charge in [0.1, 0.15) is 17.6 Å². The number of methoxy groups -OCH3 is 1. The summed E-state index contributed by atoms with van der Waals surface area (Å²) in [4.78, 5) is 47.6. The molecule has 1 aromatic carbocycles. The van der Waals surface area contributed by atoms with Crippen molar-refractivity contribution >= 4 is 52.2 Å². The highest BCUT2D eigenvalue weighted by atomic mass is 35.5. The molecule has 1 atom stereocenters. The number of rotatable bonds is 5. The molecular formula is C18H13ClN2O7S. The number of carbonyl (C=O) groups excluding carboxylic acids is 3. The largest absolute Gasteiger partial charge is 0.467 e. The molecule has 2 heterocycles. The molecule has 150 valence electrons. The number of hydrogen-bond acceptors (Lipinski definition) is 8. The molecule has 2 aromatic rings. The van der Waals surface area contributed by atoms with E-state index in [2.05, 4.69) is 4.74 Å². The number of carbonyl (C=O) groups is 3. The minimum absolute atomic E-state index is 0.0665. The zero-order valence-electron chi connectivity index (χ0n) is 15.1. The Bertz CT molecular complexity index is 1060. The molecule has 1 aliphatic heterocycles. The molecule has 0 bridgehead atoms. The van der Waals surface area contributed by atoms with Gasteiger partial charge in [-0.05, 0) is 36.9 Å². The summed E-state index contributed by atoms with van der Waals surface area (Å²) in [5, 5.41) is 10.6. The van der Waals surface area contributed by atoms with Crippen LogP contribution >= 0.6 is 23.4 Å². The third-order valence-electron chi connectivity index (χ3n) is 4.08. The molecule has 11 heteroatoms. The third kappa shape index (κ3) is 4.03. The van der Waals surface area contributed by atoms with Crippen LogP contribution in [-0.2, 0) is 14.3 Å². The zero-order chi connectivity index (χ0) is 21.3. The van der Waals surface area contributed by atoms with Crippen LogP contribution in [0.25, 0.3) is 17.4 Å². The number of halogens is 1. The van der Waals surface area contributed by atoms with Crippen molar-refractivity contribution in [1.29, 1.82) is 0 Å². The molecule has 29 heavy (non-hydrogen) atoms. The highest BCUT2D eigenvalue weighted by Gasteiger charge is 2.41. The predicted octanol–water partition coefficient (Wildman–Crippen LogP) is 4.11. The van der Waals surface area contributed by atoms with Crippen LogP contribution in [0.4, 0.5) is 10.5 Å². The minimum Gasteiger partial charge on any atom is -0.467 e. The normalized spacial score (nSPS) is 16.4. The number of non-ortho nitro benzene ring substituents is 1. The number of nitrogens with zero attached hydrogens (tertiary/aromatic N) is 2. The van der Waals surface area contributed by atoms with Crippen molar-refractivity contribution in [3.63, 3.8) is 0 Å². The highest BCUT2D eigenvalue weighted by Crippen LogP contribution is 2.36. The topological polar surface area (TPSA) is 120 Å². The maximum absolute atomic E-state index is 12.5. The monoisotopic (exact) mass is 436 g/mol. The van der Waals surface area contributed by atoms with Gasteiger partial charge in [0.2, 0.25) is 0 Å². The minimum atomic E-state index is -1.06.